The number of imidazole rings is 1. The van der Waals surface area contributed by atoms with E-state index >= 15 is 0 Å². The van der Waals surface area contributed by atoms with Crippen LogP contribution in [0.15, 0.2) is 42.5 Å². The van der Waals surface area contributed by atoms with Crippen molar-refractivity contribution in [2.45, 2.75) is 25.6 Å². The molecule has 160 valence electrons. The number of aromatic amines is 1. The van der Waals surface area contributed by atoms with Gasteiger partial charge in [-0.15, -0.1) is 0 Å². The van der Waals surface area contributed by atoms with E-state index in [4.69, 9.17) is 5.11 Å². The normalized spacial score (nSPS) is 15.9. The number of fused-ring (bicyclic) bond motifs is 2. The first-order chi connectivity index (χ1) is 14.8. The van der Waals surface area contributed by atoms with Crippen LogP contribution in [0, 0.1) is 0 Å². The van der Waals surface area contributed by atoms with E-state index in [1.54, 1.807) is 37.2 Å². The second-order valence-electron chi connectivity index (χ2n) is 7.72. The topological polar surface area (TPSA) is 119 Å². The molecule has 0 aliphatic carbocycles. The molecular weight excluding hydrogens is 398 g/mol. The molecule has 0 fully saturated rings. The fourth-order valence-corrected chi connectivity index (χ4v) is 3.76. The Morgan fingerprint density at radius 1 is 1.26 bits per heavy atom. The van der Waals surface area contributed by atoms with Crippen molar-refractivity contribution in [2.24, 2.45) is 0 Å². The van der Waals surface area contributed by atoms with Gasteiger partial charge in [0.1, 0.15) is 11.9 Å². The Balaban J connectivity index is 1.53. The van der Waals surface area contributed by atoms with E-state index < -0.39 is 12.0 Å². The Kier molecular flexibility index (Phi) is 5.33. The van der Waals surface area contributed by atoms with Crippen LogP contribution in [0.4, 0.5) is 5.69 Å². The first kappa shape index (κ1) is 20.4. The summed E-state index contributed by atoms with van der Waals surface area (Å²) in [4.78, 5) is 47.3. The van der Waals surface area contributed by atoms with Gasteiger partial charge in [0.15, 0.2) is 0 Å². The van der Waals surface area contributed by atoms with Crippen LogP contribution in [0.2, 0.25) is 0 Å². The minimum atomic E-state index is -1.05. The van der Waals surface area contributed by atoms with Gasteiger partial charge in [-0.3, -0.25) is 14.4 Å². The van der Waals surface area contributed by atoms with Crippen LogP contribution in [-0.2, 0) is 22.7 Å². The van der Waals surface area contributed by atoms with Crippen LogP contribution in [-0.4, -0.2) is 62.8 Å². The maximum absolute atomic E-state index is 13.0. The third-order valence-corrected chi connectivity index (χ3v) is 5.31. The number of rotatable bonds is 5. The number of aromatic nitrogens is 2. The molecule has 0 spiro atoms. The second kappa shape index (κ2) is 8.10. The van der Waals surface area contributed by atoms with E-state index in [1.807, 2.05) is 24.3 Å². The first-order valence-corrected chi connectivity index (χ1v) is 9.87. The number of anilines is 1. The van der Waals surface area contributed by atoms with E-state index in [-0.39, 0.29) is 24.8 Å². The lowest BCUT2D eigenvalue weighted by atomic mass is 10.1. The van der Waals surface area contributed by atoms with Gasteiger partial charge in [-0.2, -0.15) is 0 Å². The monoisotopic (exact) mass is 421 g/mol. The Bertz CT molecular complexity index is 1140. The minimum absolute atomic E-state index is 0.177. The van der Waals surface area contributed by atoms with Crippen molar-refractivity contribution in [3.63, 3.8) is 0 Å². The van der Waals surface area contributed by atoms with E-state index in [9.17, 15) is 14.4 Å². The molecule has 0 bridgehead atoms. The summed E-state index contributed by atoms with van der Waals surface area (Å²) < 4.78 is 0. The molecule has 1 aliphatic rings. The molecule has 1 aliphatic heterocycles. The SMILES string of the molecule is CN(Cc1nc2ccccc2[nH]1)C(=O)c1ccc2c(c1)CN(C)C(=O)[C@H](CC(=O)O)N2. The Hall–Kier alpha value is -3.88. The van der Waals surface area contributed by atoms with Gasteiger partial charge in [0, 0.05) is 31.9 Å². The van der Waals surface area contributed by atoms with Gasteiger partial charge in [-0.1, -0.05) is 12.1 Å². The number of benzene rings is 2. The summed E-state index contributed by atoms with van der Waals surface area (Å²) >= 11 is 0. The molecule has 2 heterocycles. The molecule has 0 saturated carbocycles. The number of nitrogens with one attached hydrogen (secondary N) is 2. The van der Waals surface area contributed by atoms with Crippen LogP contribution in [0.25, 0.3) is 11.0 Å². The van der Waals surface area contributed by atoms with Gasteiger partial charge < -0.3 is 25.2 Å². The third-order valence-electron chi connectivity index (χ3n) is 5.31. The molecule has 31 heavy (non-hydrogen) atoms. The molecule has 3 N–H and O–H groups in total. The summed E-state index contributed by atoms with van der Waals surface area (Å²) in [6.07, 6.45) is -0.316. The molecule has 3 aromatic rings. The molecule has 1 atom stereocenters. The van der Waals surface area contributed by atoms with Crippen molar-refractivity contribution >= 4 is 34.5 Å². The zero-order chi connectivity index (χ0) is 22.1. The van der Waals surface area contributed by atoms with Gasteiger partial charge in [0.25, 0.3) is 5.91 Å². The number of carbonyl (C=O) groups excluding carboxylic acids is 2. The summed E-state index contributed by atoms with van der Waals surface area (Å²) in [5, 5.41) is 12.1. The van der Waals surface area contributed by atoms with Crippen LogP contribution < -0.4 is 5.32 Å². The van der Waals surface area contributed by atoms with Crippen LogP contribution in [0.3, 0.4) is 0 Å². The molecule has 9 heteroatoms. The number of H-pyrrole nitrogens is 1. The highest BCUT2D eigenvalue weighted by molar-refractivity contribution is 5.95. The third kappa shape index (κ3) is 4.20. The smallest absolute Gasteiger partial charge is 0.305 e. The molecule has 0 radical (unpaired) electrons. The van der Waals surface area contributed by atoms with Crippen molar-refractivity contribution in [1.29, 1.82) is 0 Å². The van der Waals surface area contributed by atoms with Gasteiger partial charge in [-0.25, -0.2) is 4.98 Å². The highest BCUT2D eigenvalue weighted by Gasteiger charge is 2.29. The highest BCUT2D eigenvalue weighted by atomic mass is 16.4. The molecule has 2 amide bonds. The maximum atomic E-state index is 13.0. The van der Waals surface area contributed by atoms with Crippen molar-refractivity contribution in [3.8, 4) is 0 Å². The van der Waals surface area contributed by atoms with Crippen molar-refractivity contribution < 1.29 is 19.5 Å². The molecule has 2 aromatic carbocycles. The Labute approximate surface area is 178 Å². The van der Waals surface area contributed by atoms with Gasteiger partial charge in [-0.05, 0) is 35.9 Å². The molecule has 1 aromatic heterocycles. The predicted molar refractivity (Wildman–Crippen MR) is 114 cm³/mol. The van der Waals surface area contributed by atoms with Crippen LogP contribution in [0.5, 0.6) is 0 Å². The Morgan fingerprint density at radius 2 is 2.03 bits per heavy atom. The number of aliphatic carboxylic acids is 1. The minimum Gasteiger partial charge on any atom is -0.481 e. The summed E-state index contributed by atoms with van der Waals surface area (Å²) in [6, 6.07) is 12.0. The average molecular weight is 421 g/mol. The lowest BCUT2D eigenvalue weighted by molar-refractivity contribution is -0.141. The first-order valence-electron chi connectivity index (χ1n) is 9.87. The highest BCUT2D eigenvalue weighted by Crippen LogP contribution is 2.25. The van der Waals surface area contributed by atoms with Crippen molar-refractivity contribution in [3.05, 3.63) is 59.4 Å². The number of nitrogens with zero attached hydrogens (tertiary/aromatic N) is 3. The van der Waals surface area contributed by atoms with E-state index in [0.717, 1.165) is 16.6 Å². The number of carboxylic acids is 1. The number of carbonyl (C=O) groups is 3. The summed E-state index contributed by atoms with van der Waals surface area (Å²) in [5.74, 6) is -0.839. The number of para-hydroxylation sites is 2. The fraction of sp³-hybridized carbons (Fsp3) is 0.273. The summed E-state index contributed by atoms with van der Waals surface area (Å²) in [6.45, 7) is 0.605. The van der Waals surface area contributed by atoms with Crippen LogP contribution in [0.1, 0.15) is 28.2 Å². The molecule has 9 nitrogen and oxygen atoms in total. The largest absolute Gasteiger partial charge is 0.481 e. The summed E-state index contributed by atoms with van der Waals surface area (Å²) in [7, 11) is 3.33. The average Bonchev–Trinajstić information content (AvgIpc) is 3.10. The Morgan fingerprint density at radius 3 is 2.77 bits per heavy atom. The van der Waals surface area contributed by atoms with E-state index in [2.05, 4.69) is 15.3 Å². The molecule has 4 rings (SSSR count). The maximum Gasteiger partial charge on any atom is 0.305 e. The van der Waals surface area contributed by atoms with Gasteiger partial charge >= 0.3 is 5.97 Å². The van der Waals surface area contributed by atoms with Crippen LogP contribution >= 0.6 is 0 Å². The zero-order valence-corrected chi connectivity index (χ0v) is 17.3. The molecule has 0 saturated heterocycles. The van der Waals surface area contributed by atoms with E-state index in [0.29, 0.717) is 23.6 Å². The quantitative estimate of drug-likeness (QED) is 0.580. The van der Waals surface area contributed by atoms with Gasteiger partial charge in [0.05, 0.1) is 24.0 Å². The lowest BCUT2D eigenvalue weighted by Gasteiger charge is -2.19. The summed E-state index contributed by atoms with van der Waals surface area (Å²) in [5.41, 5.74) is 3.65. The predicted octanol–water partition coefficient (Wildman–Crippen LogP) is 2.06. The van der Waals surface area contributed by atoms with Crippen molar-refractivity contribution in [2.75, 3.05) is 19.4 Å². The molecule has 0 unspecified atom stereocenters. The fourth-order valence-electron chi connectivity index (χ4n) is 3.76. The second-order valence-corrected chi connectivity index (χ2v) is 7.72. The standard InChI is InChI=1S/C22H23N5O4/c1-26-11-14-9-13(7-8-15(14)23-18(22(26)31)10-20(28)29)21(30)27(2)12-19-24-16-5-3-4-6-17(16)25-19/h3-9,18,23H,10-12H2,1-2H3,(H,24,25)(H,28,29)/t18-/m0/s1. The zero-order valence-electron chi connectivity index (χ0n) is 17.3. The van der Waals surface area contributed by atoms with E-state index in [1.165, 1.54) is 4.90 Å². The lowest BCUT2D eigenvalue weighted by Crippen LogP contribution is -2.39. The number of amides is 2. The number of likely N-dealkylation sites (N-methyl/N-ethyl adjacent to an activating group) is 1. The number of hydrogen-bond acceptors (Lipinski definition) is 5. The number of hydrogen-bond donors (Lipinski definition) is 3. The van der Waals surface area contributed by atoms with Gasteiger partial charge in [0.2, 0.25) is 5.91 Å². The van der Waals surface area contributed by atoms with Crippen molar-refractivity contribution in [1.82, 2.24) is 19.8 Å². The molecular formula is C22H23N5O4. The number of carboxylic acid groups (broad SMARTS) is 1.